The van der Waals surface area contributed by atoms with Crippen LogP contribution in [0, 0.1) is 0 Å². The first-order valence-electron chi connectivity index (χ1n) is 10.7. The SMILES string of the molecule is CCOc1ccc(C(CNC(=O)CS(=O)(=O)c2ccc(Cl)cc2)N2CCOCC2)cc1OC. The van der Waals surface area contributed by atoms with Crippen molar-refractivity contribution >= 4 is 27.3 Å². The monoisotopic (exact) mass is 496 g/mol. The van der Waals surface area contributed by atoms with E-state index in [0.29, 0.717) is 49.4 Å². The number of benzene rings is 2. The van der Waals surface area contributed by atoms with Crippen molar-refractivity contribution in [3.63, 3.8) is 0 Å². The zero-order chi connectivity index (χ0) is 23.8. The lowest BCUT2D eigenvalue weighted by Gasteiger charge is -2.35. The second-order valence-corrected chi connectivity index (χ2v) is 9.95. The number of halogens is 1. The van der Waals surface area contributed by atoms with Crippen LogP contribution < -0.4 is 14.8 Å². The summed E-state index contributed by atoms with van der Waals surface area (Å²) in [6, 6.07) is 11.3. The van der Waals surface area contributed by atoms with Crippen LogP contribution in [0.15, 0.2) is 47.4 Å². The van der Waals surface area contributed by atoms with Gasteiger partial charge in [-0.25, -0.2) is 8.42 Å². The van der Waals surface area contributed by atoms with Crippen molar-refractivity contribution in [3.8, 4) is 11.5 Å². The van der Waals surface area contributed by atoms with Gasteiger partial charge in [0.25, 0.3) is 0 Å². The number of amides is 1. The second kappa shape index (κ2) is 11.7. The van der Waals surface area contributed by atoms with E-state index in [9.17, 15) is 13.2 Å². The number of nitrogens with zero attached hydrogens (tertiary/aromatic N) is 1. The Hall–Kier alpha value is -2.33. The van der Waals surface area contributed by atoms with Gasteiger partial charge in [-0.05, 0) is 48.9 Å². The number of nitrogens with one attached hydrogen (secondary N) is 1. The Morgan fingerprint density at radius 1 is 1.15 bits per heavy atom. The van der Waals surface area contributed by atoms with Crippen molar-refractivity contribution in [1.29, 1.82) is 0 Å². The molecule has 1 atom stereocenters. The number of ether oxygens (including phenoxy) is 3. The van der Waals surface area contributed by atoms with Gasteiger partial charge < -0.3 is 19.5 Å². The van der Waals surface area contributed by atoms with E-state index in [-0.39, 0.29) is 17.5 Å². The van der Waals surface area contributed by atoms with Gasteiger partial charge in [0.1, 0.15) is 5.75 Å². The van der Waals surface area contributed by atoms with Crippen LogP contribution in [0.25, 0.3) is 0 Å². The van der Waals surface area contributed by atoms with Crippen molar-refractivity contribution in [2.75, 3.05) is 52.3 Å². The molecule has 180 valence electrons. The molecule has 1 heterocycles. The number of methoxy groups -OCH3 is 1. The molecule has 0 saturated carbocycles. The molecule has 1 aliphatic heterocycles. The summed E-state index contributed by atoms with van der Waals surface area (Å²) in [5, 5.41) is 3.22. The molecule has 2 aromatic carbocycles. The molecule has 2 aromatic rings. The first kappa shape index (κ1) is 25.3. The summed E-state index contributed by atoms with van der Waals surface area (Å²) in [5.74, 6) is 0.0322. The molecular weight excluding hydrogens is 468 g/mol. The molecule has 1 N–H and O–H groups in total. The summed E-state index contributed by atoms with van der Waals surface area (Å²) >= 11 is 5.83. The summed E-state index contributed by atoms with van der Waals surface area (Å²) in [6.45, 7) is 5.22. The third kappa shape index (κ3) is 6.83. The highest BCUT2D eigenvalue weighted by atomic mass is 35.5. The van der Waals surface area contributed by atoms with Crippen LogP contribution in [-0.2, 0) is 19.4 Å². The summed E-state index contributed by atoms with van der Waals surface area (Å²) in [5.41, 5.74) is 0.929. The maximum Gasteiger partial charge on any atom is 0.235 e. The lowest BCUT2D eigenvalue weighted by Crippen LogP contribution is -2.44. The Kier molecular flexibility index (Phi) is 8.96. The fourth-order valence-corrected chi connectivity index (χ4v) is 4.96. The van der Waals surface area contributed by atoms with E-state index < -0.39 is 21.5 Å². The van der Waals surface area contributed by atoms with Crippen molar-refractivity contribution in [2.24, 2.45) is 0 Å². The maximum atomic E-state index is 12.6. The average Bonchev–Trinajstić information content (AvgIpc) is 2.81. The number of hydrogen-bond donors (Lipinski definition) is 1. The zero-order valence-electron chi connectivity index (χ0n) is 18.8. The Labute approximate surface area is 199 Å². The highest BCUT2D eigenvalue weighted by molar-refractivity contribution is 7.92. The van der Waals surface area contributed by atoms with Crippen LogP contribution in [0.5, 0.6) is 11.5 Å². The third-order valence-corrected chi connectivity index (χ3v) is 7.23. The van der Waals surface area contributed by atoms with Gasteiger partial charge in [-0.15, -0.1) is 0 Å². The third-order valence-electron chi connectivity index (χ3n) is 5.35. The number of rotatable bonds is 10. The summed E-state index contributed by atoms with van der Waals surface area (Å²) in [4.78, 5) is 14.8. The number of carbonyl (C=O) groups is 1. The molecule has 0 radical (unpaired) electrons. The van der Waals surface area contributed by atoms with Crippen LogP contribution in [-0.4, -0.2) is 71.5 Å². The minimum Gasteiger partial charge on any atom is -0.493 e. The Morgan fingerprint density at radius 3 is 2.48 bits per heavy atom. The topological polar surface area (TPSA) is 94.2 Å². The molecule has 3 rings (SSSR count). The molecule has 0 aromatic heterocycles. The van der Waals surface area contributed by atoms with Gasteiger partial charge in [0.05, 0.1) is 37.9 Å². The van der Waals surface area contributed by atoms with E-state index in [4.69, 9.17) is 25.8 Å². The summed E-state index contributed by atoms with van der Waals surface area (Å²) in [7, 11) is -2.20. The van der Waals surface area contributed by atoms with Gasteiger partial charge in [0, 0.05) is 24.7 Å². The molecule has 10 heteroatoms. The van der Waals surface area contributed by atoms with Gasteiger partial charge in [-0.3, -0.25) is 9.69 Å². The van der Waals surface area contributed by atoms with Gasteiger partial charge >= 0.3 is 0 Å². The minimum atomic E-state index is -3.78. The van der Waals surface area contributed by atoms with Gasteiger partial charge in [0.2, 0.25) is 5.91 Å². The predicted octanol–water partition coefficient (Wildman–Crippen LogP) is 2.71. The highest BCUT2D eigenvalue weighted by Crippen LogP contribution is 2.32. The van der Waals surface area contributed by atoms with E-state index in [1.807, 2.05) is 25.1 Å². The number of hydrogen-bond acceptors (Lipinski definition) is 7. The molecule has 0 spiro atoms. The molecule has 8 nitrogen and oxygen atoms in total. The molecule has 1 amide bonds. The van der Waals surface area contributed by atoms with E-state index in [0.717, 1.165) is 5.56 Å². The first-order valence-corrected chi connectivity index (χ1v) is 12.7. The van der Waals surface area contributed by atoms with Crippen molar-refractivity contribution < 1.29 is 27.4 Å². The fourth-order valence-electron chi connectivity index (χ4n) is 3.67. The number of carbonyl (C=O) groups excluding carboxylic acids is 1. The van der Waals surface area contributed by atoms with Gasteiger partial charge in [-0.2, -0.15) is 0 Å². The zero-order valence-corrected chi connectivity index (χ0v) is 20.3. The molecule has 33 heavy (non-hydrogen) atoms. The molecular formula is C23H29ClN2O6S. The van der Waals surface area contributed by atoms with Gasteiger partial charge in [-0.1, -0.05) is 17.7 Å². The largest absolute Gasteiger partial charge is 0.493 e. The second-order valence-electron chi connectivity index (χ2n) is 7.52. The molecule has 1 unspecified atom stereocenters. The normalized spacial score (nSPS) is 15.6. The molecule has 1 aliphatic rings. The summed E-state index contributed by atoms with van der Waals surface area (Å²) in [6.07, 6.45) is 0. The van der Waals surface area contributed by atoms with Crippen LogP contribution >= 0.6 is 11.6 Å². The Balaban J connectivity index is 1.74. The van der Waals surface area contributed by atoms with Crippen molar-refractivity contribution in [2.45, 2.75) is 17.9 Å². The first-order chi connectivity index (χ1) is 15.8. The van der Waals surface area contributed by atoms with E-state index in [1.54, 1.807) is 7.11 Å². The average molecular weight is 497 g/mol. The molecule has 1 fully saturated rings. The van der Waals surface area contributed by atoms with E-state index in [2.05, 4.69) is 10.2 Å². The van der Waals surface area contributed by atoms with Crippen LogP contribution in [0.2, 0.25) is 5.02 Å². The maximum absolute atomic E-state index is 12.6. The lowest BCUT2D eigenvalue weighted by molar-refractivity contribution is -0.119. The number of morpholine rings is 1. The predicted molar refractivity (Wildman–Crippen MR) is 126 cm³/mol. The summed E-state index contributed by atoms with van der Waals surface area (Å²) < 4.78 is 41.7. The smallest absolute Gasteiger partial charge is 0.235 e. The molecule has 0 bridgehead atoms. The van der Waals surface area contributed by atoms with Gasteiger partial charge in [0.15, 0.2) is 21.3 Å². The Morgan fingerprint density at radius 2 is 1.85 bits per heavy atom. The Bertz CT molecular complexity index is 1040. The highest BCUT2D eigenvalue weighted by Gasteiger charge is 2.26. The van der Waals surface area contributed by atoms with Crippen LogP contribution in [0.4, 0.5) is 0 Å². The van der Waals surface area contributed by atoms with E-state index >= 15 is 0 Å². The minimum absolute atomic E-state index is 0.0584. The molecule has 0 aliphatic carbocycles. The lowest BCUT2D eigenvalue weighted by atomic mass is 10.0. The standard InChI is InChI=1S/C23H29ClN2O6S/c1-3-32-21-9-4-17(14-22(21)30-2)20(26-10-12-31-13-11-26)15-25-23(27)16-33(28,29)19-7-5-18(24)6-8-19/h4-9,14,20H,3,10-13,15-16H2,1-2H3,(H,25,27). The molecule has 1 saturated heterocycles. The quantitative estimate of drug-likeness (QED) is 0.540. The number of sulfone groups is 1. The van der Waals surface area contributed by atoms with Crippen molar-refractivity contribution in [3.05, 3.63) is 53.1 Å². The fraction of sp³-hybridized carbons (Fsp3) is 0.435. The van der Waals surface area contributed by atoms with Crippen LogP contribution in [0.1, 0.15) is 18.5 Å². The van der Waals surface area contributed by atoms with Crippen molar-refractivity contribution in [1.82, 2.24) is 10.2 Å². The van der Waals surface area contributed by atoms with Crippen LogP contribution in [0.3, 0.4) is 0 Å². The van der Waals surface area contributed by atoms with E-state index in [1.165, 1.54) is 24.3 Å².